The minimum atomic E-state index is 0.0792. The van der Waals surface area contributed by atoms with E-state index in [9.17, 15) is 4.79 Å². The Bertz CT molecular complexity index is 607. The quantitative estimate of drug-likeness (QED) is 0.768. The van der Waals surface area contributed by atoms with E-state index in [0.717, 1.165) is 12.8 Å². The van der Waals surface area contributed by atoms with Crippen molar-refractivity contribution in [1.29, 1.82) is 0 Å². The molecule has 0 bridgehead atoms. The third-order valence-electron chi connectivity index (χ3n) is 4.54. The van der Waals surface area contributed by atoms with Crippen molar-refractivity contribution < 1.29 is 4.79 Å². The van der Waals surface area contributed by atoms with Crippen LogP contribution >= 0.6 is 0 Å². The fourth-order valence-corrected chi connectivity index (χ4v) is 3.49. The van der Waals surface area contributed by atoms with Gasteiger partial charge in [-0.1, -0.05) is 50.3 Å². The number of carbonyl (C=O) groups excluding carboxylic acids is 1. The molecule has 0 N–H and O–H groups in total. The molecule has 1 aromatic rings. The number of benzene rings is 1. The number of allylic oxidation sites excluding steroid dienone is 6. The third-order valence-corrected chi connectivity index (χ3v) is 4.54. The van der Waals surface area contributed by atoms with Gasteiger partial charge in [0, 0.05) is 5.41 Å². The van der Waals surface area contributed by atoms with Crippen LogP contribution in [0.3, 0.4) is 0 Å². The van der Waals surface area contributed by atoms with Gasteiger partial charge in [0.1, 0.15) is 0 Å². The first kappa shape index (κ1) is 12.2. The number of hydrogen-bond donors (Lipinski definition) is 0. The Hall–Kier alpha value is -1.89. The van der Waals surface area contributed by atoms with Crippen LogP contribution < -0.4 is 0 Å². The van der Waals surface area contributed by atoms with Crippen molar-refractivity contribution in [3.8, 4) is 0 Å². The van der Waals surface area contributed by atoms with Gasteiger partial charge in [0.05, 0.1) is 0 Å². The van der Waals surface area contributed by atoms with Gasteiger partial charge in [-0.05, 0) is 47.3 Å². The Kier molecular flexibility index (Phi) is 2.78. The molecular formula is C18H18O. The zero-order chi connectivity index (χ0) is 13.5. The van der Waals surface area contributed by atoms with Crippen molar-refractivity contribution >= 4 is 11.4 Å². The molecule has 0 aromatic heterocycles. The van der Waals surface area contributed by atoms with Crippen molar-refractivity contribution in [2.24, 2.45) is 0 Å². The summed E-state index contributed by atoms with van der Waals surface area (Å²) in [4.78, 5) is 11.3. The van der Waals surface area contributed by atoms with Crippen molar-refractivity contribution in [3.63, 3.8) is 0 Å². The zero-order valence-corrected chi connectivity index (χ0v) is 11.4. The molecule has 2 aliphatic rings. The first-order valence-electron chi connectivity index (χ1n) is 6.97. The number of ketones is 1. The minimum absolute atomic E-state index is 0.0792. The maximum atomic E-state index is 11.3. The fraction of sp³-hybridized carbons (Fsp3) is 0.278. The molecule has 1 heteroatoms. The maximum absolute atomic E-state index is 11.3. The first-order valence-corrected chi connectivity index (χ1v) is 6.97. The lowest BCUT2D eigenvalue weighted by molar-refractivity contribution is -0.110. The van der Waals surface area contributed by atoms with E-state index in [1.54, 1.807) is 12.2 Å². The van der Waals surface area contributed by atoms with E-state index >= 15 is 0 Å². The number of fused-ring (bicyclic) bond motifs is 1. The second-order valence-electron chi connectivity index (χ2n) is 5.23. The van der Waals surface area contributed by atoms with Crippen molar-refractivity contribution in [2.75, 3.05) is 0 Å². The molecule has 1 aromatic carbocycles. The molecular weight excluding hydrogens is 232 g/mol. The molecule has 0 aliphatic heterocycles. The van der Waals surface area contributed by atoms with Crippen LogP contribution in [0.1, 0.15) is 37.8 Å². The average Bonchev–Trinajstić information content (AvgIpc) is 2.44. The Morgan fingerprint density at radius 2 is 1.58 bits per heavy atom. The van der Waals surface area contributed by atoms with Gasteiger partial charge in [0.15, 0.2) is 5.78 Å². The zero-order valence-electron chi connectivity index (χ0n) is 11.4. The molecule has 2 aliphatic carbocycles. The number of carbonyl (C=O) groups is 1. The van der Waals surface area contributed by atoms with E-state index in [2.05, 4.69) is 38.1 Å². The van der Waals surface area contributed by atoms with Crippen LogP contribution in [0.5, 0.6) is 0 Å². The molecule has 0 saturated heterocycles. The largest absolute Gasteiger partial charge is 0.290 e. The van der Waals surface area contributed by atoms with Gasteiger partial charge >= 0.3 is 0 Å². The molecule has 0 radical (unpaired) electrons. The number of hydrogen-bond acceptors (Lipinski definition) is 1. The van der Waals surface area contributed by atoms with E-state index < -0.39 is 0 Å². The van der Waals surface area contributed by atoms with Crippen molar-refractivity contribution in [2.45, 2.75) is 32.1 Å². The monoisotopic (exact) mass is 250 g/mol. The Morgan fingerprint density at radius 1 is 0.947 bits per heavy atom. The van der Waals surface area contributed by atoms with Crippen LogP contribution in [0.15, 0.2) is 54.1 Å². The van der Waals surface area contributed by atoms with Gasteiger partial charge in [0.25, 0.3) is 0 Å². The highest BCUT2D eigenvalue weighted by atomic mass is 16.1. The van der Waals surface area contributed by atoms with Gasteiger partial charge < -0.3 is 0 Å². The van der Waals surface area contributed by atoms with Crippen LogP contribution in [-0.2, 0) is 10.2 Å². The molecule has 0 spiro atoms. The second-order valence-corrected chi connectivity index (χ2v) is 5.23. The second kappa shape index (κ2) is 4.34. The maximum Gasteiger partial charge on any atom is 0.178 e. The number of rotatable bonds is 2. The molecule has 3 rings (SSSR count). The Labute approximate surface area is 114 Å². The van der Waals surface area contributed by atoms with Crippen molar-refractivity contribution in [3.05, 3.63) is 65.3 Å². The summed E-state index contributed by atoms with van der Waals surface area (Å²) in [5.74, 6) is 0.0792. The average molecular weight is 250 g/mol. The van der Waals surface area contributed by atoms with E-state index in [1.807, 2.05) is 12.2 Å². The van der Waals surface area contributed by atoms with Crippen LogP contribution in [0.2, 0.25) is 0 Å². The highest BCUT2D eigenvalue weighted by molar-refractivity contribution is 6.03. The first-order chi connectivity index (χ1) is 9.23. The van der Waals surface area contributed by atoms with E-state index in [0.29, 0.717) is 0 Å². The predicted octanol–water partition coefficient (Wildman–Crippen LogP) is 4.21. The molecule has 1 nitrogen and oxygen atoms in total. The highest BCUT2D eigenvalue weighted by Crippen LogP contribution is 2.56. The molecule has 19 heavy (non-hydrogen) atoms. The van der Waals surface area contributed by atoms with E-state index in [4.69, 9.17) is 0 Å². The topological polar surface area (TPSA) is 17.1 Å². The summed E-state index contributed by atoms with van der Waals surface area (Å²) < 4.78 is 0. The molecule has 0 fully saturated rings. The summed E-state index contributed by atoms with van der Waals surface area (Å²) in [5.41, 5.74) is 5.59. The molecule has 0 amide bonds. The SMILES string of the molecule is CCC1(CC)C(=C2C=CC(=O)C=C2)c2ccccc21. The summed E-state index contributed by atoms with van der Waals surface area (Å²) in [6.07, 6.45) is 9.48. The predicted molar refractivity (Wildman–Crippen MR) is 78.9 cm³/mol. The van der Waals surface area contributed by atoms with Crippen LogP contribution in [0.4, 0.5) is 0 Å². The fourth-order valence-electron chi connectivity index (χ4n) is 3.49. The van der Waals surface area contributed by atoms with E-state index in [1.165, 1.54) is 22.3 Å². The smallest absolute Gasteiger partial charge is 0.178 e. The summed E-state index contributed by atoms with van der Waals surface area (Å²) >= 11 is 0. The molecule has 0 saturated carbocycles. The molecule has 96 valence electrons. The summed E-state index contributed by atoms with van der Waals surface area (Å²) in [6.45, 7) is 4.50. The molecule has 0 unspecified atom stereocenters. The third kappa shape index (κ3) is 1.58. The van der Waals surface area contributed by atoms with Gasteiger partial charge in [-0.3, -0.25) is 4.79 Å². The van der Waals surface area contributed by atoms with Gasteiger partial charge in [-0.25, -0.2) is 0 Å². The standard InChI is InChI=1S/C18H18O/c1-3-18(4-2)16-8-6-5-7-15(16)17(18)13-9-11-14(19)12-10-13/h5-12H,3-4H2,1-2H3. The normalized spacial score (nSPS) is 19.4. The summed E-state index contributed by atoms with van der Waals surface area (Å²) in [6, 6.07) is 8.65. The molecule has 0 heterocycles. The highest BCUT2D eigenvalue weighted by Gasteiger charge is 2.45. The minimum Gasteiger partial charge on any atom is -0.290 e. The lowest BCUT2D eigenvalue weighted by Gasteiger charge is -2.47. The van der Waals surface area contributed by atoms with Gasteiger partial charge in [-0.15, -0.1) is 0 Å². The van der Waals surface area contributed by atoms with Gasteiger partial charge in [-0.2, -0.15) is 0 Å². The van der Waals surface area contributed by atoms with Crippen LogP contribution in [0.25, 0.3) is 5.57 Å². The Balaban J connectivity index is 2.22. The van der Waals surface area contributed by atoms with Gasteiger partial charge in [0.2, 0.25) is 0 Å². The van der Waals surface area contributed by atoms with Crippen LogP contribution in [-0.4, -0.2) is 5.78 Å². The van der Waals surface area contributed by atoms with E-state index in [-0.39, 0.29) is 11.2 Å². The van der Waals surface area contributed by atoms with Crippen LogP contribution in [0, 0.1) is 0 Å². The summed E-state index contributed by atoms with van der Waals surface area (Å²) in [7, 11) is 0. The van der Waals surface area contributed by atoms with Crippen molar-refractivity contribution in [1.82, 2.24) is 0 Å². The molecule has 0 atom stereocenters. The summed E-state index contributed by atoms with van der Waals surface area (Å²) in [5, 5.41) is 0. The lowest BCUT2D eigenvalue weighted by Crippen LogP contribution is -2.37. The Morgan fingerprint density at radius 3 is 2.21 bits per heavy atom. The lowest BCUT2D eigenvalue weighted by atomic mass is 9.56.